The van der Waals surface area contributed by atoms with Crippen molar-refractivity contribution in [2.75, 3.05) is 0 Å². The second kappa shape index (κ2) is 3.84. The van der Waals surface area contributed by atoms with Crippen molar-refractivity contribution in [2.45, 2.75) is 31.6 Å². The molecular formula is C12H12BrFO2. The molecule has 86 valence electrons. The Bertz CT molecular complexity index is 453. The van der Waals surface area contributed by atoms with E-state index in [0.29, 0.717) is 22.9 Å². The third kappa shape index (κ3) is 1.56. The number of carboxylic acid groups (broad SMARTS) is 1. The molecule has 0 radical (unpaired) electrons. The first-order valence-electron chi connectivity index (χ1n) is 5.17. The first kappa shape index (κ1) is 11.6. The zero-order valence-electron chi connectivity index (χ0n) is 8.89. The molecular weight excluding hydrogens is 275 g/mol. The van der Waals surface area contributed by atoms with Crippen LogP contribution in [0.15, 0.2) is 16.6 Å². The molecule has 0 aliphatic heterocycles. The fourth-order valence-corrected chi connectivity index (χ4v) is 2.78. The van der Waals surface area contributed by atoms with Crippen LogP contribution in [0.4, 0.5) is 4.39 Å². The minimum atomic E-state index is -1.00. The molecule has 0 amide bonds. The average Bonchev–Trinajstić information content (AvgIpc) is 2.10. The van der Waals surface area contributed by atoms with Crippen LogP contribution in [0.5, 0.6) is 0 Å². The number of halogens is 2. The molecule has 0 aromatic heterocycles. The number of aliphatic carboxylic acids is 1. The molecule has 0 saturated heterocycles. The highest BCUT2D eigenvalue weighted by atomic mass is 79.9. The summed E-state index contributed by atoms with van der Waals surface area (Å²) in [6, 6.07) is 3.31. The van der Waals surface area contributed by atoms with Crippen LogP contribution in [-0.4, -0.2) is 11.1 Å². The lowest BCUT2D eigenvalue weighted by atomic mass is 9.64. The molecule has 0 bridgehead atoms. The van der Waals surface area contributed by atoms with Crippen molar-refractivity contribution < 1.29 is 14.3 Å². The molecule has 1 N–H and O–H groups in total. The number of hydrogen-bond donors (Lipinski definition) is 1. The fourth-order valence-electron chi connectivity index (χ4n) is 2.20. The second-order valence-electron chi connectivity index (χ2n) is 4.35. The van der Waals surface area contributed by atoms with E-state index in [1.807, 2.05) is 6.92 Å². The van der Waals surface area contributed by atoms with Crippen molar-refractivity contribution in [1.29, 1.82) is 0 Å². The molecule has 1 aliphatic rings. The highest BCUT2D eigenvalue weighted by Gasteiger charge is 2.47. The second-order valence-corrected chi connectivity index (χ2v) is 5.20. The molecule has 0 unspecified atom stereocenters. The number of carboxylic acids is 1. The fraction of sp³-hybridized carbons (Fsp3) is 0.417. The predicted molar refractivity (Wildman–Crippen MR) is 62.0 cm³/mol. The number of hydrogen-bond acceptors (Lipinski definition) is 1. The Hall–Kier alpha value is -0.900. The molecule has 1 aromatic rings. The van der Waals surface area contributed by atoms with Crippen LogP contribution in [0, 0.1) is 12.7 Å². The highest BCUT2D eigenvalue weighted by Crippen LogP contribution is 2.46. The maximum Gasteiger partial charge on any atom is 0.314 e. The van der Waals surface area contributed by atoms with Crippen molar-refractivity contribution in [3.63, 3.8) is 0 Å². The average molecular weight is 287 g/mol. The van der Waals surface area contributed by atoms with E-state index in [-0.39, 0.29) is 0 Å². The Labute approximate surface area is 102 Å². The minimum absolute atomic E-state index is 0.318. The summed E-state index contributed by atoms with van der Waals surface area (Å²) < 4.78 is 14.3. The van der Waals surface area contributed by atoms with Crippen LogP contribution in [0.2, 0.25) is 0 Å². The number of benzene rings is 1. The van der Waals surface area contributed by atoms with E-state index >= 15 is 0 Å². The van der Waals surface area contributed by atoms with Crippen molar-refractivity contribution >= 4 is 21.9 Å². The number of carbonyl (C=O) groups is 1. The van der Waals surface area contributed by atoms with Gasteiger partial charge in [0.05, 0.1) is 9.89 Å². The summed E-state index contributed by atoms with van der Waals surface area (Å²) in [5.74, 6) is -1.36. The molecule has 0 spiro atoms. The van der Waals surface area contributed by atoms with Gasteiger partial charge in [-0.1, -0.05) is 12.5 Å². The SMILES string of the molecule is Cc1cc(Br)c(F)c(C2(C(=O)O)CCC2)c1. The molecule has 2 rings (SSSR count). The number of rotatable bonds is 2. The smallest absolute Gasteiger partial charge is 0.314 e. The first-order valence-corrected chi connectivity index (χ1v) is 5.96. The molecule has 16 heavy (non-hydrogen) atoms. The molecule has 1 aliphatic carbocycles. The molecule has 0 heterocycles. The normalized spacial score (nSPS) is 17.9. The van der Waals surface area contributed by atoms with E-state index in [1.165, 1.54) is 0 Å². The number of aryl methyl sites for hydroxylation is 1. The van der Waals surface area contributed by atoms with Crippen molar-refractivity contribution in [1.82, 2.24) is 0 Å². The van der Waals surface area contributed by atoms with Crippen LogP contribution in [-0.2, 0) is 10.2 Å². The van der Waals surface area contributed by atoms with Gasteiger partial charge in [-0.15, -0.1) is 0 Å². The summed E-state index contributed by atoms with van der Waals surface area (Å²) in [4.78, 5) is 11.3. The van der Waals surface area contributed by atoms with E-state index in [4.69, 9.17) is 0 Å². The van der Waals surface area contributed by atoms with E-state index in [0.717, 1.165) is 12.0 Å². The standard InChI is InChI=1S/C12H12BrFO2/c1-7-5-8(10(14)9(13)6-7)12(11(15)16)3-2-4-12/h5-6H,2-4H2,1H3,(H,15,16). The zero-order chi connectivity index (χ0) is 11.9. The summed E-state index contributed by atoms with van der Waals surface area (Å²) in [5.41, 5.74) is 0.187. The molecule has 2 nitrogen and oxygen atoms in total. The zero-order valence-corrected chi connectivity index (χ0v) is 10.5. The van der Waals surface area contributed by atoms with Crippen LogP contribution in [0.25, 0.3) is 0 Å². The van der Waals surface area contributed by atoms with Gasteiger partial charge in [-0.25, -0.2) is 4.39 Å². The van der Waals surface area contributed by atoms with E-state index < -0.39 is 17.2 Å². The molecule has 1 saturated carbocycles. The lowest BCUT2D eigenvalue weighted by molar-refractivity contribution is -0.147. The van der Waals surface area contributed by atoms with Gasteiger partial charge in [-0.3, -0.25) is 4.79 Å². The maximum atomic E-state index is 13.9. The van der Waals surface area contributed by atoms with Gasteiger partial charge in [0, 0.05) is 5.56 Å². The summed E-state index contributed by atoms with van der Waals surface area (Å²) in [6.07, 6.45) is 1.89. The van der Waals surface area contributed by atoms with Crippen LogP contribution >= 0.6 is 15.9 Å². The molecule has 1 aromatic carbocycles. The highest BCUT2D eigenvalue weighted by molar-refractivity contribution is 9.10. The monoisotopic (exact) mass is 286 g/mol. The lowest BCUT2D eigenvalue weighted by Gasteiger charge is -2.38. The van der Waals surface area contributed by atoms with Crippen LogP contribution in [0.3, 0.4) is 0 Å². The Morgan fingerprint density at radius 3 is 2.56 bits per heavy atom. The third-order valence-corrected chi connectivity index (χ3v) is 3.88. The topological polar surface area (TPSA) is 37.3 Å². The van der Waals surface area contributed by atoms with Crippen molar-refractivity contribution in [2.24, 2.45) is 0 Å². The summed E-state index contributed by atoms with van der Waals surface area (Å²) in [6.45, 7) is 1.84. The predicted octanol–water partition coefficient (Wildman–Crippen LogP) is 3.40. The Kier molecular flexibility index (Phi) is 2.78. The Morgan fingerprint density at radius 2 is 2.12 bits per heavy atom. The summed E-state index contributed by atoms with van der Waals surface area (Å²) >= 11 is 3.12. The Balaban J connectivity index is 2.59. The Morgan fingerprint density at radius 1 is 1.50 bits per heavy atom. The summed E-state index contributed by atoms with van der Waals surface area (Å²) in [7, 11) is 0. The van der Waals surface area contributed by atoms with Gasteiger partial charge in [-0.05, 0) is 47.3 Å². The van der Waals surface area contributed by atoms with Crippen molar-refractivity contribution in [3.8, 4) is 0 Å². The molecule has 4 heteroatoms. The first-order chi connectivity index (χ1) is 7.47. The third-order valence-electron chi connectivity index (χ3n) is 3.30. The van der Waals surface area contributed by atoms with Crippen LogP contribution in [0.1, 0.15) is 30.4 Å². The van der Waals surface area contributed by atoms with Crippen molar-refractivity contribution in [3.05, 3.63) is 33.5 Å². The van der Waals surface area contributed by atoms with E-state index in [1.54, 1.807) is 12.1 Å². The van der Waals surface area contributed by atoms with Gasteiger partial charge in [0.25, 0.3) is 0 Å². The van der Waals surface area contributed by atoms with Gasteiger partial charge in [0.15, 0.2) is 0 Å². The van der Waals surface area contributed by atoms with Gasteiger partial charge >= 0.3 is 5.97 Å². The van der Waals surface area contributed by atoms with E-state index in [2.05, 4.69) is 15.9 Å². The molecule has 1 fully saturated rings. The van der Waals surface area contributed by atoms with Gasteiger partial charge in [-0.2, -0.15) is 0 Å². The molecule has 0 atom stereocenters. The van der Waals surface area contributed by atoms with Gasteiger partial charge in [0.2, 0.25) is 0 Å². The maximum absolute atomic E-state index is 13.9. The quantitative estimate of drug-likeness (QED) is 0.905. The van der Waals surface area contributed by atoms with E-state index in [9.17, 15) is 14.3 Å². The largest absolute Gasteiger partial charge is 0.481 e. The lowest BCUT2D eigenvalue weighted by Crippen LogP contribution is -2.43. The van der Waals surface area contributed by atoms with Gasteiger partial charge in [0.1, 0.15) is 5.82 Å². The van der Waals surface area contributed by atoms with Gasteiger partial charge < -0.3 is 5.11 Å². The van der Waals surface area contributed by atoms with Crippen LogP contribution < -0.4 is 0 Å². The summed E-state index contributed by atoms with van der Waals surface area (Å²) in [5, 5.41) is 9.26. The minimum Gasteiger partial charge on any atom is -0.481 e.